The van der Waals surface area contributed by atoms with Crippen LogP contribution in [0.1, 0.15) is 0 Å². The summed E-state index contributed by atoms with van der Waals surface area (Å²) in [5, 5.41) is 6.19. The van der Waals surface area contributed by atoms with E-state index in [0.29, 0.717) is 42.0 Å². The number of ether oxygens (including phenoxy) is 4. The van der Waals surface area contributed by atoms with Gasteiger partial charge in [-0.05, 0) is 0 Å². The van der Waals surface area contributed by atoms with Crippen LogP contribution in [0.2, 0.25) is 0 Å². The van der Waals surface area contributed by atoms with Crippen LogP contribution in [0.25, 0.3) is 0 Å². The first-order valence-corrected chi connectivity index (χ1v) is 9.93. The summed E-state index contributed by atoms with van der Waals surface area (Å²) in [4.78, 5) is 4.12. The molecule has 0 atom stereocenters. The second-order valence-electron chi connectivity index (χ2n) is 5.28. The van der Waals surface area contributed by atoms with E-state index >= 15 is 0 Å². The number of rotatable bonds is 10. The monoisotopic (exact) mass is 517 g/mol. The van der Waals surface area contributed by atoms with Crippen LogP contribution in [-0.2, 0) is 14.6 Å². The zero-order chi connectivity index (χ0) is 19.6. The molecule has 0 unspecified atom stereocenters. The molecule has 0 amide bonds. The number of sulfone groups is 1. The highest BCUT2D eigenvalue weighted by atomic mass is 127. The molecular formula is C16H28IN3O6S. The topological polar surface area (TPSA) is 107 Å². The Bertz CT molecular complexity index is 687. The number of methoxy groups -OCH3 is 3. The molecule has 27 heavy (non-hydrogen) atoms. The van der Waals surface area contributed by atoms with Gasteiger partial charge in [0, 0.05) is 37.7 Å². The predicted octanol–water partition coefficient (Wildman–Crippen LogP) is 1.38. The first-order chi connectivity index (χ1) is 12.3. The van der Waals surface area contributed by atoms with Crippen molar-refractivity contribution in [2.24, 2.45) is 4.99 Å². The second-order valence-corrected chi connectivity index (χ2v) is 7.54. The highest BCUT2D eigenvalue weighted by Gasteiger charge is 2.13. The van der Waals surface area contributed by atoms with E-state index < -0.39 is 9.84 Å². The molecule has 0 radical (unpaired) electrons. The fourth-order valence-corrected chi connectivity index (χ4v) is 2.44. The molecule has 0 spiro atoms. The van der Waals surface area contributed by atoms with Gasteiger partial charge in [-0.15, -0.1) is 24.0 Å². The van der Waals surface area contributed by atoms with Crippen LogP contribution in [0.15, 0.2) is 17.1 Å². The molecule has 0 saturated carbocycles. The molecule has 0 saturated heterocycles. The number of halogens is 1. The van der Waals surface area contributed by atoms with Crippen LogP contribution in [-0.4, -0.2) is 74.5 Å². The number of hydrogen-bond acceptors (Lipinski definition) is 7. The van der Waals surface area contributed by atoms with Crippen LogP contribution in [0.3, 0.4) is 0 Å². The Kier molecular flexibility index (Phi) is 12.1. The quantitative estimate of drug-likeness (QED) is 0.208. The van der Waals surface area contributed by atoms with Gasteiger partial charge in [0.15, 0.2) is 17.5 Å². The van der Waals surface area contributed by atoms with Gasteiger partial charge in [-0.1, -0.05) is 0 Å². The van der Waals surface area contributed by atoms with Crippen molar-refractivity contribution in [1.29, 1.82) is 0 Å². The SMILES string of the molecule is CN=C(NCCOCCS(C)(=O)=O)Nc1cc(OC)c(OC)c(OC)c1.I. The van der Waals surface area contributed by atoms with Gasteiger partial charge in [0.2, 0.25) is 5.75 Å². The highest BCUT2D eigenvalue weighted by Crippen LogP contribution is 2.39. The minimum absolute atomic E-state index is 0. The lowest BCUT2D eigenvalue weighted by molar-refractivity contribution is 0.154. The molecule has 11 heteroatoms. The summed E-state index contributed by atoms with van der Waals surface area (Å²) in [6.45, 7) is 0.985. The van der Waals surface area contributed by atoms with Crippen molar-refractivity contribution in [3.63, 3.8) is 0 Å². The van der Waals surface area contributed by atoms with Crippen molar-refractivity contribution >= 4 is 45.5 Å². The van der Waals surface area contributed by atoms with E-state index in [1.165, 1.54) is 13.4 Å². The molecule has 1 aromatic rings. The van der Waals surface area contributed by atoms with Gasteiger partial charge >= 0.3 is 0 Å². The van der Waals surface area contributed by atoms with Crippen molar-refractivity contribution in [1.82, 2.24) is 5.32 Å². The molecule has 0 heterocycles. The summed E-state index contributed by atoms with van der Waals surface area (Å²) >= 11 is 0. The average Bonchev–Trinajstić information content (AvgIpc) is 2.61. The Hall–Kier alpha value is -1.47. The first kappa shape index (κ1) is 25.5. The Morgan fingerprint density at radius 2 is 1.67 bits per heavy atom. The number of nitrogens with zero attached hydrogens (tertiary/aromatic N) is 1. The number of benzene rings is 1. The molecule has 0 aliphatic carbocycles. The summed E-state index contributed by atoms with van der Waals surface area (Å²) in [6.07, 6.45) is 1.18. The lowest BCUT2D eigenvalue weighted by Gasteiger charge is -2.16. The minimum atomic E-state index is -3.01. The summed E-state index contributed by atoms with van der Waals surface area (Å²) in [6, 6.07) is 3.52. The summed E-state index contributed by atoms with van der Waals surface area (Å²) in [7, 11) is 3.26. The van der Waals surface area contributed by atoms with E-state index in [0.717, 1.165) is 0 Å². The van der Waals surface area contributed by atoms with Gasteiger partial charge < -0.3 is 29.6 Å². The van der Waals surface area contributed by atoms with E-state index in [4.69, 9.17) is 18.9 Å². The van der Waals surface area contributed by atoms with Crippen molar-refractivity contribution in [3.8, 4) is 17.2 Å². The van der Waals surface area contributed by atoms with Gasteiger partial charge in [-0.2, -0.15) is 0 Å². The Morgan fingerprint density at radius 3 is 2.11 bits per heavy atom. The van der Waals surface area contributed by atoms with Crippen LogP contribution in [0, 0.1) is 0 Å². The fraction of sp³-hybridized carbons (Fsp3) is 0.562. The molecule has 9 nitrogen and oxygen atoms in total. The highest BCUT2D eigenvalue weighted by molar-refractivity contribution is 14.0. The molecule has 1 aromatic carbocycles. The van der Waals surface area contributed by atoms with Crippen LogP contribution < -0.4 is 24.8 Å². The molecule has 1 rings (SSSR count). The van der Waals surface area contributed by atoms with Crippen molar-refractivity contribution < 1.29 is 27.4 Å². The smallest absolute Gasteiger partial charge is 0.203 e. The van der Waals surface area contributed by atoms with E-state index in [1.807, 2.05) is 0 Å². The van der Waals surface area contributed by atoms with Crippen LogP contribution in [0.5, 0.6) is 17.2 Å². The average molecular weight is 517 g/mol. The number of guanidine groups is 1. The maximum atomic E-state index is 11.0. The third kappa shape index (κ3) is 9.33. The molecule has 156 valence electrons. The van der Waals surface area contributed by atoms with Gasteiger partial charge in [0.05, 0.1) is 40.3 Å². The third-order valence-corrected chi connectivity index (χ3v) is 4.20. The molecule has 0 fully saturated rings. The molecule has 0 aliphatic rings. The van der Waals surface area contributed by atoms with E-state index in [1.54, 1.807) is 33.4 Å². The summed E-state index contributed by atoms with van der Waals surface area (Å²) in [5.74, 6) is 2.07. The maximum Gasteiger partial charge on any atom is 0.203 e. The lowest BCUT2D eigenvalue weighted by atomic mass is 10.2. The van der Waals surface area contributed by atoms with Crippen LogP contribution in [0.4, 0.5) is 5.69 Å². The van der Waals surface area contributed by atoms with Crippen LogP contribution >= 0.6 is 24.0 Å². The number of anilines is 1. The van der Waals surface area contributed by atoms with E-state index in [9.17, 15) is 8.42 Å². The standard InChI is InChI=1S/C16H27N3O6S.HI/c1-17-16(18-6-7-25-8-9-26(5,20)21)19-12-10-13(22-2)15(24-4)14(11-12)23-3;/h10-11H,6-9H2,1-5H3,(H2,17,18,19);1H. The normalized spacial score (nSPS) is 11.4. The van der Waals surface area contributed by atoms with Gasteiger partial charge in [0.25, 0.3) is 0 Å². The van der Waals surface area contributed by atoms with Crippen molar-refractivity contribution in [3.05, 3.63) is 12.1 Å². The number of hydrogen-bond donors (Lipinski definition) is 2. The second kappa shape index (κ2) is 12.8. The molecule has 2 N–H and O–H groups in total. The number of nitrogens with one attached hydrogen (secondary N) is 2. The summed E-state index contributed by atoms with van der Waals surface area (Å²) < 4.78 is 43.2. The van der Waals surface area contributed by atoms with Gasteiger partial charge in [0.1, 0.15) is 9.84 Å². The minimum Gasteiger partial charge on any atom is -0.493 e. The van der Waals surface area contributed by atoms with Crippen molar-refractivity contribution in [2.75, 3.05) is 65.5 Å². The predicted molar refractivity (Wildman–Crippen MR) is 117 cm³/mol. The molecule has 0 aliphatic heterocycles. The van der Waals surface area contributed by atoms with Crippen molar-refractivity contribution in [2.45, 2.75) is 0 Å². The zero-order valence-electron chi connectivity index (χ0n) is 16.2. The first-order valence-electron chi connectivity index (χ1n) is 7.87. The Balaban J connectivity index is 0.00000676. The lowest BCUT2D eigenvalue weighted by Crippen LogP contribution is -2.33. The molecule has 0 bridgehead atoms. The van der Waals surface area contributed by atoms with E-state index in [2.05, 4.69) is 15.6 Å². The molecular weight excluding hydrogens is 489 g/mol. The molecule has 0 aromatic heterocycles. The van der Waals surface area contributed by atoms with E-state index in [-0.39, 0.29) is 36.3 Å². The third-order valence-electron chi connectivity index (χ3n) is 3.29. The summed E-state index contributed by atoms with van der Waals surface area (Å²) in [5.41, 5.74) is 0.700. The largest absolute Gasteiger partial charge is 0.493 e. The maximum absolute atomic E-state index is 11.0. The Morgan fingerprint density at radius 1 is 1.07 bits per heavy atom. The Labute approximate surface area is 177 Å². The van der Waals surface area contributed by atoms with Gasteiger partial charge in [-0.3, -0.25) is 4.99 Å². The van der Waals surface area contributed by atoms with Gasteiger partial charge in [-0.25, -0.2) is 8.42 Å². The zero-order valence-corrected chi connectivity index (χ0v) is 19.3. The number of aliphatic imine (C=N–C) groups is 1. The fourth-order valence-electron chi connectivity index (χ4n) is 2.02.